The van der Waals surface area contributed by atoms with Crippen LogP contribution in [0.25, 0.3) is 0 Å². The Labute approximate surface area is 157 Å². The fraction of sp³-hybridized carbons (Fsp3) is 0.435. The summed E-state index contributed by atoms with van der Waals surface area (Å²) in [6, 6.07) is 18.1. The molecule has 0 radical (unpaired) electrons. The highest BCUT2D eigenvalue weighted by molar-refractivity contribution is 5.63. The van der Waals surface area contributed by atoms with Crippen LogP contribution in [-0.4, -0.2) is 12.8 Å². The molecule has 2 rings (SSSR count). The molecule has 0 amide bonds. The van der Waals surface area contributed by atoms with Gasteiger partial charge in [-0.25, -0.2) is 4.79 Å². The Bertz CT molecular complexity index is 620. The maximum absolute atomic E-state index is 11.7. The first-order valence-corrected chi connectivity index (χ1v) is 9.75. The van der Waals surface area contributed by atoms with Gasteiger partial charge < -0.3 is 9.47 Å². The van der Waals surface area contributed by atoms with Gasteiger partial charge in [-0.1, -0.05) is 62.2 Å². The SMILES string of the molecule is CCCCCc1ccc(OC(=O)OCCCCCc2ccccc2)cc1. The van der Waals surface area contributed by atoms with Crippen LogP contribution in [0.4, 0.5) is 4.79 Å². The summed E-state index contributed by atoms with van der Waals surface area (Å²) in [5.74, 6) is 0.540. The Morgan fingerprint density at radius 3 is 2.12 bits per heavy atom. The monoisotopic (exact) mass is 354 g/mol. The fourth-order valence-electron chi connectivity index (χ4n) is 2.84. The first-order valence-electron chi connectivity index (χ1n) is 9.75. The van der Waals surface area contributed by atoms with Crippen molar-refractivity contribution in [3.05, 3.63) is 65.7 Å². The van der Waals surface area contributed by atoms with Crippen LogP contribution >= 0.6 is 0 Å². The average molecular weight is 354 g/mol. The average Bonchev–Trinajstić information content (AvgIpc) is 2.67. The zero-order chi connectivity index (χ0) is 18.5. The zero-order valence-electron chi connectivity index (χ0n) is 15.8. The molecule has 0 aliphatic rings. The van der Waals surface area contributed by atoms with Gasteiger partial charge in [0.25, 0.3) is 0 Å². The van der Waals surface area contributed by atoms with Crippen LogP contribution in [0.2, 0.25) is 0 Å². The van der Waals surface area contributed by atoms with E-state index in [0.717, 1.165) is 32.1 Å². The Hall–Kier alpha value is -2.29. The third-order valence-electron chi connectivity index (χ3n) is 4.37. The van der Waals surface area contributed by atoms with Crippen LogP contribution in [-0.2, 0) is 17.6 Å². The molecule has 3 nitrogen and oxygen atoms in total. The molecule has 0 fully saturated rings. The number of hydrogen-bond acceptors (Lipinski definition) is 3. The topological polar surface area (TPSA) is 35.5 Å². The van der Waals surface area contributed by atoms with Crippen LogP contribution < -0.4 is 4.74 Å². The van der Waals surface area contributed by atoms with Crippen molar-refractivity contribution in [3.63, 3.8) is 0 Å². The van der Waals surface area contributed by atoms with E-state index in [2.05, 4.69) is 31.2 Å². The predicted octanol–water partition coefficient (Wildman–Crippen LogP) is 6.35. The molecule has 0 bridgehead atoms. The van der Waals surface area contributed by atoms with E-state index >= 15 is 0 Å². The minimum absolute atomic E-state index is 0.405. The summed E-state index contributed by atoms with van der Waals surface area (Å²) < 4.78 is 10.4. The van der Waals surface area contributed by atoms with Gasteiger partial charge in [-0.3, -0.25) is 0 Å². The molecule has 3 heteroatoms. The minimum Gasteiger partial charge on any atom is -0.434 e. The second-order valence-electron chi connectivity index (χ2n) is 6.60. The lowest BCUT2D eigenvalue weighted by Gasteiger charge is -2.07. The van der Waals surface area contributed by atoms with Crippen molar-refractivity contribution in [1.29, 1.82) is 0 Å². The number of rotatable bonds is 11. The van der Waals surface area contributed by atoms with E-state index < -0.39 is 6.16 Å². The Balaban J connectivity index is 1.55. The van der Waals surface area contributed by atoms with Crippen molar-refractivity contribution in [3.8, 4) is 5.75 Å². The molecule has 2 aromatic rings. The van der Waals surface area contributed by atoms with Crippen LogP contribution in [0.5, 0.6) is 5.75 Å². The first-order chi connectivity index (χ1) is 12.8. The summed E-state index contributed by atoms with van der Waals surface area (Å²) in [5.41, 5.74) is 2.63. The van der Waals surface area contributed by atoms with Crippen molar-refractivity contribution in [1.82, 2.24) is 0 Å². The number of hydrogen-bond donors (Lipinski definition) is 0. The van der Waals surface area contributed by atoms with Crippen LogP contribution in [0.3, 0.4) is 0 Å². The molecule has 0 aromatic heterocycles. The van der Waals surface area contributed by atoms with Crippen LogP contribution in [0.1, 0.15) is 56.6 Å². The van der Waals surface area contributed by atoms with Crippen molar-refractivity contribution in [2.24, 2.45) is 0 Å². The zero-order valence-corrected chi connectivity index (χ0v) is 15.8. The molecular formula is C23H30O3. The number of carbonyl (C=O) groups excluding carboxylic acids is 1. The van der Waals surface area contributed by atoms with E-state index in [4.69, 9.17) is 9.47 Å². The molecular weight excluding hydrogens is 324 g/mol. The molecule has 2 aromatic carbocycles. The molecule has 0 saturated heterocycles. The molecule has 0 aliphatic carbocycles. The van der Waals surface area contributed by atoms with Gasteiger partial charge in [-0.2, -0.15) is 0 Å². The van der Waals surface area contributed by atoms with Gasteiger partial charge in [0, 0.05) is 0 Å². The third kappa shape index (κ3) is 8.19. The summed E-state index contributed by atoms with van der Waals surface area (Å²) in [6.07, 6.45) is 8.18. The van der Waals surface area contributed by atoms with E-state index in [1.165, 1.54) is 30.4 Å². The van der Waals surface area contributed by atoms with Crippen molar-refractivity contribution >= 4 is 6.16 Å². The first kappa shape index (κ1) is 20.0. The Morgan fingerprint density at radius 2 is 1.42 bits per heavy atom. The van der Waals surface area contributed by atoms with E-state index in [1.54, 1.807) is 0 Å². The molecule has 140 valence electrons. The van der Waals surface area contributed by atoms with Gasteiger partial charge in [-0.05, 0) is 61.8 Å². The second-order valence-corrected chi connectivity index (χ2v) is 6.60. The number of ether oxygens (including phenoxy) is 2. The quantitative estimate of drug-likeness (QED) is 0.268. The standard InChI is InChI=1S/C23H30O3/c1-2-3-6-11-21-15-17-22(18-16-21)26-23(24)25-19-10-5-9-14-20-12-7-4-8-13-20/h4,7-8,12-13,15-18H,2-3,5-6,9-11,14,19H2,1H3. The van der Waals surface area contributed by atoms with E-state index in [9.17, 15) is 4.79 Å². The molecule has 0 N–H and O–H groups in total. The van der Waals surface area contributed by atoms with E-state index in [1.807, 2.05) is 30.3 Å². The van der Waals surface area contributed by atoms with Gasteiger partial charge in [0.15, 0.2) is 0 Å². The van der Waals surface area contributed by atoms with Gasteiger partial charge >= 0.3 is 6.16 Å². The second kappa shape index (κ2) is 12.1. The maximum Gasteiger partial charge on any atom is 0.513 e. The lowest BCUT2D eigenvalue weighted by Crippen LogP contribution is -2.11. The van der Waals surface area contributed by atoms with Gasteiger partial charge in [0.2, 0.25) is 0 Å². The summed E-state index contributed by atoms with van der Waals surface area (Å²) in [4.78, 5) is 11.7. The van der Waals surface area contributed by atoms with E-state index in [-0.39, 0.29) is 0 Å². The Morgan fingerprint density at radius 1 is 0.769 bits per heavy atom. The predicted molar refractivity (Wildman–Crippen MR) is 106 cm³/mol. The Kier molecular flexibility index (Phi) is 9.34. The van der Waals surface area contributed by atoms with Crippen LogP contribution in [0.15, 0.2) is 54.6 Å². The molecule has 0 saturated carbocycles. The maximum atomic E-state index is 11.7. The highest BCUT2D eigenvalue weighted by atomic mass is 16.7. The number of carbonyl (C=O) groups is 1. The largest absolute Gasteiger partial charge is 0.513 e. The summed E-state index contributed by atoms with van der Waals surface area (Å²) in [6.45, 7) is 2.61. The summed E-state index contributed by atoms with van der Waals surface area (Å²) in [7, 11) is 0. The number of aryl methyl sites for hydroxylation is 2. The van der Waals surface area contributed by atoms with Crippen LogP contribution in [0, 0.1) is 0 Å². The normalized spacial score (nSPS) is 10.5. The molecule has 0 heterocycles. The highest BCUT2D eigenvalue weighted by Crippen LogP contribution is 2.15. The molecule has 0 unspecified atom stereocenters. The smallest absolute Gasteiger partial charge is 0.434 e. The number of unbranched alkanes of at least 4 members (excludes halogenated alkanes) is 4. The van der Waals surface area contributed by atoms with Gasteiger partial charge in [0.05, 0.1) is 6.61 Å². The third-order valence-corrected chi connectivity index (χ3v) is 4.37. The fourth-order valence-corrected chi connectivity index (χ4v) is 2.84. The van der Waals surface area contributed by atoms with Gasteiger partial charge in [-0.15, -0.1) is 0 Å². The molecule has 26 heavy (non-hydrogen) atoms. The lowest BCUT2D eigenvalue weighted by atomic mass is 10.1. The number of benzene rings is 2. The van der Waals surface area contributed by atoms with Crippen molar-refractivity contribution < 1.29 is 14.3 Å². The van der Waals surface area contributed by atoms with Crippen molar-refractivity contribution in [2.75, 3.05) is 6.61 Å². The summed E-state index contributed by atoms with van der Waals surface area (Å²) >= 11 is 0. The minimum atomic E-state index is -0.619. The highest BCUT2D eigenvalue weighted by Gasteiger charge is 2.06. The molecule has 0 spiro atoms. The van der Waals surface area contributed by atoms with Crippen molar-refractivity contribution in [2.45, 2.75) is 58.3 Å². The molecule has 0 atom stereocenters. The molecule has 0 aliphatic heterocycles. The lowest BCUT2D eigenvalue weighted by molar-refractivity contribution is 0.0973. The van der Waals surface area contributed by atoms with Gasteiger partial charge in [0.1, 0.15) is 5.75 Å². The van der Waals surface area contributed by atoms with E-state index in [0.29, 0.717) is 12.4 Å². The summed E-state index contributed by atoms with van der Waals surface area (Å²) in [5, 5.41) is 0.